The van der Waals surface area contributed by atoms with Gasteiger partial charge in [0.2, 0.25) is 5.91 Å². The highest BCUT2D eigenvalue weighted by atomic mass is 35.5. The van der Waals surface area contributed by atoms with Crippen LogP contribution < -0.4 is 16.4 Å². The molecular formula is C12H22Cl2N4O2S. The quantitative estimate of drug-likeness (QED) is 0.727. The van der Waals surface area contributed by atoms with Crippen LogP contribution in [0.3, 0.4) is 0 Å². The monoisotopic (exact) mass is 356 g/mol. The first-order valence-corrected chi connectivity index (χ1v) is 7.10. The molecule has 0 aliphatic rings. The van der Waals surface area contributed by atoms with Gasteiger partial charge in [0.25, 0.3) is 5.91 Å². The zero-order valence-corrected chi connectivity index (χ0v) is 14.7. The van der Waals surface area contributed by atoms with E-state index in [-0.39, 0.29) is 36.6 Å². The molecule has 9 heteroatoms. The Kier molecular flexibility index (Phi) is 10.6. The molecule has 0 saturated carbocycles. The number of nitrogens with one attached hydrogen (secondary N) is 2. The van der Waals surface area contributed by atoms with E-state index in [1.54, 1.807) is 5.38 Å². The van der Waals surface area contributed by atoms with Crippen molar-refractivity contribution in [2.75, 3.05) is 11.9 Å². The summed E-state index contributed by atoms with van der Waals surface area (Å²) in [5.41, 5.74) is 5.64. The van der Waals surface area contributed by atoms with Crippen LogP contribution in [0.4, 0.5) is 5.13 Å². The van der Waals surface area contributed by atoms with Gasteiger partial charge in [-0.15, -0.1) is 36.2 Å². The van der Waals surface area contributed by atoms with Gasteiger partial charge in [-0.05, 0) is 12.8 Å². The van der Waals surface area contributed by atoms with E-state index in [1.165, 1.54) is 18.3 Å². The first-order chi connectivity index (χ1) is 8.96. The summed E-state index contributed by atoms with van der Waals surface area (Å²) in [5.74, 6) is -0.471. The van der Waals surface area contributed by atoms with Crippen LogP contribution in [-0.4, -0.2) is 28.9 Å². The van der Waals surface area contributed by atoms with Crippen molar-refractivity contribution in [2.45, 2.75) is 39.2 Å². The summed E-state index contributed by atoms with van der Waals surface area (Å²) in [6, 6.07) is 0. The molecule has 0 aliphatic heterocycles. The summed E-state index contributed by atoms with van der Waals surface area (Å²) >= 11 is 1.22. The van der Waals surface area contributed by atoms with Gasteiger partial charge in [-0.3, -0.25) is 9.59 Å². The molecule has 0 aromatic carbocycles. The number of rotatable bonds is 6. The van der Waals surface area contributed by atoms with Crippen LogP contribution in [0.2, 0.25) is 0 Å². The van der Waals surface area contributed by atoms with Crippen LogP contribution in [0.15, 0.2) is 5.38 Å². The van der Waals surface area contributed by atoms with Gasteiger partial charge in [-0.2, -0.15) is 0 Å². The van der Waals surface area contributed by atoms with Crippen molar-refractivity contribution in [3.63, 3.8) is 0 Å². The zero-order valence-electron chi connectivity index (χ0n) is 12.3. The number of nitrogens with two attached hydrogens (primary N) is 1. The van der Waals surface area contributed by atoms with Crippen molar-refractivity contribution in [3.8, 4) is 0 Å². The minimum absolute atomic E-state index is 0. The van der Waals surface area contributed by atoms with E-state index >= 15 is 0 Å². The highest BCUT2D eigenvalue weighted by Gasteiger charge is 2.27. The number of carbonyl (C=O) groups is 2. The van der Waals surface area contributed by atoms with E-state index in [9.17, 15) is 9.59 Å². The highest BCUT2D eigenvalue weighted by molar-refractivity contribution is 7.14. The first-order valence-electron chi connectivity index (χ1n) is 6.22. The summed E-state index contributed by atoms with van der Waals surface area (Å²) in [4.78, 5) is 27.1. The van der Waals surface area contributed by atoms with Gasteiger partial charge in [-0.1, -0.05) is 13.8 Å². The molecule has 0 atom stereocenters. The Bertz CT molecular complexity index is 456. The van der Waals surface area contributed by atoms with E-state index in [4.69, 9.17) is 5.73 Å². The molecule has 0 radical (unpaired) electrons. The Morgan fingerprint density at radius 1 is 1.33 bits per heavy atom. The van der Waals surface area contributed by atoms with Crippen molar-refractivity contribution < 1.29 is 9.59 Å². The average Bonchev–Trinajstić information content (AvgIpc) is 2.83. The zero-order chi connectivity index (χ0) is 14.5. The number of amides is 2. The topological polar surface area (TPSA) is 97.1 Å². The molecular weight excluding hydrogens is 335 g/mol. The number of halogens is 2. The smallest absolute Gasteiger partial charge is 0.271 e. The van der Waals surface area contributed by atoms with Crippen molar-refractivity contribution >= 4 is 53.1 Å². The summed E-state index contributed by atoms with van der Waals surface area (Å²) in [7, 11) is 0. The molecule has 0 fully saturated rings. The minimum atomic E-state index is -0.394. The second kappa shape index (κ2) is 9.94. The number of carbonyl (C=O) groups excluding carboxylic acids is 2. The molecule has 0 saturated heterocycles. The van der Waals surface area contributed by atoms with Gasteiger partial charge < -0.3 is 16.4 Å². The summed E-state index contributed by atoms with van der Waals surface area (Å²) in [5, 5.41) is 7.52. The lowest BCUT2D eigenvalue weighted by atomic mass is 9.93. The number of thiazole rings is 1. The molecule has 1 rings (SSSR count). The van der Waals surface area contributed by atoms with E-state index in [2.05, 4.69) is 15.6 Å². The van der Waals surface area contributed by atoms with Crippen LogP contribution in [-0.2, 0) is 4.79 Å². The lowest BCUT2D eigenvalue weighted by Crippen LogP contribution is -2.52. The van der Waals surface area contributed by atoms with Crippen LogP contribution in [0.5, 0.6) is 0 Å². The lowest BCUT2D eigenvalue weighted by Gasteiger charge is -2.31. The molecule has 0 spiro atoms. The Balaban J connectivity index is 0. The maximum atomic E-state index is 12.1. The summed E-state index contributed by atoms with van der Waals surface area (Å²) in [6.45, 7) is 5.75. The molecule has 21 heavy (non-hydrogen) atoms. The van der Waals surface area contributed by atoms with E-state index < -0.39 is 5.54 Å². The standard InChI is InChI=1S/C12H20N4O2S.2ClH/c1-4-12(5-2,7-13)16-10(18)9-6-19-11(15-9)14-8(3)17;;/h6H,4-5,7,13H2,1-3H3,(H,16,18)(H,14,15,17);2*1H. The third-order valence-electron chi connectivity index (χ3n) is 3.14. The minimum Gasteiger partial charge on any atom is -0.344 e. The predicted octanol–water partition coefficient (Wildman–Crippen LogP) is 2.19. The maximum Gasteiger partial charge on any atom is 0.271 e. The largest absolute Gasteiger partial charge is 0.344 e. The summed E-state index contributed by atoms with van der Waals surface area (Å²) in [6.07, 6.45) is 1.52. The van der Waals surface area contributed by atoms with E-state index in [0.717, 1.165) is 12.8 Å². The Morgan fingerprint density at radius 2 is 1.90 bits per heavy atom. The third kappa shape index (κ3) is 6.17. The Labute approximate surface area is 141 Å². The lowest BCUT2D eigenvalue weighted by molar-refractivity contribution is -0.114. The summed E-state index contributed by atoms with van der Waals surface area (Å²) < 4.78 is 0. The third-order valence-corrected chi connectivity index (χ3v) is 3.90. The normalized spacial score (nSPS) is 10.1. The van der Waals surface area contributed by atoms with Crippen molar-refractivity contribution in [3.05, 3.63) is 11.1 Å². The number of hydrogen-bond donors (Lipinski definition) is 3. The van der Waals surface area contributed by atoms with E-state index in [1.807, 2.05) is 13.8 Å². The van der Waals surface area contributed by atoms with Gasteiger partial charge in [0.05, 0.1) is 5.54 Å². The Morgan fingerprint density at radius 3 is 2.33 bits per heavy atom. The number of anilines is 1. The second-order valence-corrected chi connectivity index (χ2v) is 5.22. The van der Waals surface area contributed by atoms with Crippen molar-refractivity contribution in [2.24, 2.45) is 5.73 Å². The van der Waals surface area contributed by atoms with Crippen LogP contribution in [0, 0.1) is 0 Å². The van der Waals surface area contributed by atoms with Gasteiger partial charge in [0.15, 0.2) is 5.13 Å². The predicted molar refractivity (Wildman–Crippen MR) is 90.7 cm³/mol. The fourth-order valence-electron chi connectivity index (χ4n) is 1.66. The van der Waals surface area contributed by atoms with Crippen molar-refractivity contribution in [1.82, 2.24) is 10.3 Å². The molecule has 4 N–H and O–H groups in total. The van der Waals surface area contributed by atoms with Gasteiger partial charge in [0, 0.05) is 18.8 Å². The highest BCUT2D eigenvalue weighted by Crippen LogP contribution is 2.18. The Hall–Kier alpha value is -0.890. The molecule has 1 heterocycles. The van der Waals surface area contributed by atoms with Gasteiger partial charge in [-0.25, -0.2) is 4.98 Å². The van der Waals surface area contributed by atoms with E-state index in [0.29, 0.717) is 17.4 Å². The fourth-order valence-corrected chi connectivity index (χ4v) is 2.39. The SMILES string of the molecule is CCC(CC)(CN)NC(=O)c1csc(NC(C)=O)n1.Cl.Cl. The molecule has 2 amide bonds. The maximum absolute atomic E-state index is 12.1. The molecule has 6 nitrogen and oxygen atoms in total. The molecule has 122 valence electrons. The molecule has 1 aromatic heterocycles. The fraction of sp³-hybridized carbons (Fsp3) is 0.583. The first kappa shape index (κ1) is 22.4. The van der Waals surface area contributed by atoms with Crippen LogP contribution in [0.25, 0.3) is 0 Å². The van der Waals surface area contributed by atoms with Gasteiger partial charge >= 0.3 is 0 Å². The van der Waals surface area contributed by atoms with Crippen LogP contribution >= 0.6 is 36.2 Å². The van der Waals surface area contributed by atoms with Gasteiger partial charge in [0.1, 0.15) is 5.69 Å². The average molecular weight is 357 g/mol. The second-order valence-electron chi connectivity index (χ2n) is 4.36. The number of aromatic nitrogens is 1. The molecule has 0 unspecified atom stereocenters. The number of hydrogen-bond acceptors (Lipinski definition) is 5. The number of nitrogens with zero attached hydrogens (tertiary/aromatic N) is 1. The molecule has 1 aromatic rings. The molecule has 0 aliphatic carbocycles. The molecule has 0 bridgehead atoms. The van der Waals surface area contributed by atoms with Crippen molar-refractivity contribution in [1.29, 1.82) is 0 Å². The van der Waals surface area contributed by atoms with Crippen LogP contribution in [0.1, 0.15) is 44.1 Å².